The first kappa shape index (κ1) is 21.6. The minimum absolute atomic E-state index is 0.0860. The number of imidazole rings is 1. The molecule has 5 heteroatoms. The molecular formula is C26H28BrN3O. The van der Waals surface area contributed by atoms with Crippen LogP contribution in [0, 0.1) is 6.92 Å². The molecule has 4 rings (SSSR count). The molecule has 1 heterocycles. The number of hydrogen-bond acceptors (Lipinski definition) is 3. The van der Waals surface area contributed by atoms with Gasteiger partial charge in [0.05, 0.1) is 11.0 Å². The second kappa shape index (κ2) is 9.25. The van der Waals surface area contributed by atoms with E-state index in [-0.39, 0.29) is 6.10 Å². The van der Waals surface area contributed by atoms with Crippen LogP contribution < -0.4 is 4.74 Å². The number of likely N-dealkylation sites (N-methyl/N-ethyl adjacent to an activating group) is 1. The van der Waals surface area contributed by atoms with Crippen LogP contribution in [0.1, 0.15) is 23.6 Å². The van der Waals surface area contributed by atoms with Crippen molar-refractivity contribution in [3.63, 3.8) is 0 Å². The van der Waals surface area contributed by atoms with E-state index >= 15 is 0 Å². The highest BCUT2D eigenvalue weighted by atomic mass is 79.9. The van der Waals surface area contributed by atoms with E-state index in [1.165, 1.54) is 11.1 Å². The van der Waals surface area contributed by atoms with Crippen molar-refractivity contribution in [3.05, 3.63) is 81.8 Å². The summed E-state index contributed by atoms with van der Waals surface area (Å²) >= 11 is 3.69. The standard InChI is InChI=1S/C26H28BrN3O/c1-17-8-7-10-20(12-17)26-28-24-15-22(31-18(2)16-30(3)4)14-21(25(24)29-26)13-19-9-5-6-11-23(19)27/h5-12,14-15,18H,13,16H2,1-4H3,(H,28,29). The lowest BCUT2D eigenvalue weighted by Gasteiger charge is -2.19. The van der Waals surface area contributed by atoms with Crippen LogP contribution in [0.15, 0.2) is 65.1 Å². The second-order valence-corrected chi connectivity index (χ2v) is 9.25. The zero-order chi connectivity index (χ0) is 22.0. The quantitative estimate of drug-likeness (QED) is 0.343. The maximum absolute atomic E-state index is 6.27. The molecule has 160 valence electrons. The first-order chi connectivity index (χ1) is 14.9. The first-order valence-electron chi connectivity index (χ1n) is 10.5. The number of H-pyrrole nitrogens is 1. The van der Waals surface area contributed by atoms with Crippen molar-refractivity contribution >= 4 is 27.0 Å². The molecule has 0 bridgehead atoms. The van der Waals surface area contributed by atoms with E-state index in [2.05, 4.69) is 108 Å². The van der Waals surface area contributed by atoms with E-state index in [1.807, 2.05) is 6.07 Å². The Hall–Kier alpha value is -2.63. The van der Waals surface area contributed by atoms with Crippen molar-refractivity contribution in [2.24, 2.45) is 0 Å². The van der Waals surface area contributed by atoms with E-state index in [4.69, 9.17) is 9.72 Å². The Bertz CT molecular complexity index is 1200. The van der Waals surface area contributed by atoms with Gasteiger partial charge >= 0.3 is 0 Å². The minimum atomic E-state index is 0.0860. The molecule has 0 radical (unpaired) electrons. The van der Waals surface area contributed by atoms with Crippen LogP contribution in [0.5, 0.6) is 5.75 Å². The molecule has 1 N–H and O–H groups in total. The molecule has 4 aromatic rings. The van der Waals surface area contributed by atoms with Gasteiger partial charge in [0.25, 0.3) is 0 Å². The van der Waals surface area contributed by atoms with E-state index < -0.39 is 0 Å². The van der Waals surface area contributed by atoms with Crippen LogP contribution in [0.4, 0.5) is 0 Å². The average molecular weight is 478 g/mol. The molecule has 0 saturated carbocycles. The van der Waals surface area contributed by atoms with Crippen molar-refractivity contribution in [1.82, 2.24) is 14.9 Å². The first-order valence-corrected chi connectivity index (χ1v) is 11.3. The summed E-state index contributed by atoms with van der Waals surface area (Å²) in [7, 11) is 4.12. The fourth-order valence-electron chi connectivity index (χ4n) is 3.92. The molecular weight excluding hydrogens is 450 g/mol. The van der Waals surface area contributed by atoms with Gasteiger partial charge in [-0.1, -0.05) is 57.9 Å². The third-order valence-electron chi connectivity index (χ3n) is 5.23. The summed E-state index contributed by atoms with van der Waals surface area (Å²) in [5.74, 6) is 1.74. The molecule has 0 spiro atoms. The number of ether oxygens (including phenoxy) is 1. The van der Waals surface area contributed by atoms with E-state index in [0.29, 0.717) is 0 Å². The summed E-state index contributed by atoms with van der Waals surface area (Å²) in [5.41, 5.74) is 6.65. The molecule has 0 aliphatic heterocycles. The predicted octanol–water partition coefficient (Wildman–Crippen LogP) is 6.22. The van der Waals surface area contributed by atoms with Gasteiger partial charge in [-0.05, 0) is 57.3 Å². The highest BCUT2D eigenvalue weighted by Gasteiger charge is 2.15. The summed E-state index contributed by atoms with van der Waals surface area (Å²) in [5, 5.41) is 0. The van der Waals surface area contributed by atoms with Crippen molar-refractivity contribution in [2.75, 3.05) is 20.6 Å². The zero-order valence-corrected chi connectivity index (χ0v) is 20.0. The lowest BCUT2D eigenvalue weighted by molar-refractivity contribution is 0.177. The monoisotopic (exact) mass is 477 g/mol. The van der Waals surface area contributed by atoms with E-state index in [0.717, 1.165) is 51.2 Å². The Morgan fingerprint density at radius 1 is 1.03 bits per heavy atom. The topological polar surface area (TPSA) is 41.1 Å². The lowest BCUT2D eigenvalue weighted by atomic mass is 10.0. The van der Waals surface area contributed by atoms with Crippen molar-refractivity contribution < 1.29 is 4.74 Å². The van der Waals surface area contributed by atoms with Gasteiger partial charge in [-0.15, -0.1) is 0 Å². The molecule has 3 aromatic carbocycles. The summed E-state index contributed by atoms with van der Waals surface area (Å²) < 4.78 is 7.38. The highest BCUT2D eigenvalue weighted by molar-refractivity contribution is 9.10. The van der Waals surface area contributed by atoms with Crippen LogP contribution in [0.25, 0.3) is 22.4 Å². The van der Waals surface area contributed by atoms with Crippen molar-refractivity contribution in [3.8, 4) is 17.1 Å². The van der Waals surface area contributed by atoms with Gasteiger partial charge in [-0.25, -0.2) is 4.98 Å². The van der Waals surface area contributed by atoms with Gasteiger partial charge < -0.3 is 14.6 Å². The molecule has 31 heavy (non-hydrogen) atoms. The molecule has 1 unspecified atom stereocenters. The maximum Gasteiger partial charge on any atom is 0.138 e. The predicted molar refractivity (Wildman–Crippen MR) is 132 cm³/mol. The van der Waals surface area contributed by atoms with Crippen molar-refractivity contribution in [1.29, 1.82) is 0 Å². The summed E-state index contributed by atoms with van der Waals surface area (Å²) in [6, 6.07) is 20.9. The SMILES string of the molecule is Cc1cccc(-c2nc3c(Cc4ccccc4Br)cc(OC(C)CN(C)C)cc3[nH]2)c1. The number of fused-ring (bicyclic) bond motifs is 1. The molecule has 0 fully saturated rings. The van der Waals surface area contributed by atoms with Gasteiger partial charge in [0.1, 0.15) is 17.7 Å². The number of benzene rings is 3. The molecule has 1 aromatic heterocycles. The molecule has 1 atom stereocenters. The maximum atomic E-state index is 6.27. The number of nitrogens with zero attached hydrogens (tertiary/aromatic N) is 2. The van der Waals surface area contributed by atoms with Crippen molar-refractivity contribution in [2.45, 2.75) is 26.4 Å². The van der Waals surface area contributed by atoms with E-state index in [9.17, 15) is 0 Å². The van der Waals surface area contributed by atoms with Crippen LogP contribution in [0.2, 0.25) is 0 Å². The molecule has 0 aliphatic rings. The Labute approximate surface area is 192 Å². The normalized spacial score (nSPS) is 12.5. The van der Waals surface area contributed by atoms with Crippen LogP contribution in [0.3, 0.4) is 0 Å². The fourth-order valence-corrected chi connectivity index (χ4v) is 4.35. The summed E-state index contributed by atoms with van der Waals surface area (Å²) in [4.78, 5) is 10.6. The number of aromatic amines is 1. The van der Waals surface area contributed by atoms with Gasteiger partial charge in [0.2, 0.25) is 0 Å². The number of aromatic nitrogens is 2. The summed E-state index contributed by atoms with van der Waals surface area (Å²) in [6.07, 6.45) is 0.859. The van der Waals surface area contributed by atoms with Crippen LogP contribution in [-0.2, 0) is 6.42 Å². The smallest absolute Gasteiger partial charge is 0.138 e. The molecule has 0 aliphatic carbocycles. The lowest BCUT2D eigenvalue weighted by Crippen LogP contribution is -2.28. The Morgan fingerprint density at radius 3 is 2.58 bits per heavy atom. The average Bonchev–Trinajstić information content (AvgIpc) is 3.13. The molecule has 0 saturated heterocycles. The Kier molecular flexibility index (Phi) is 6.44. The number of rotatable bonds is 7. The zero-order valence-electron chi connectivity index (χ0n) is 18.4. The number of hydrogen-bond donors (Lipinski definition) is 1. The third-order valence-corrected chi connectivity index (χ3v) is 6.00. The number of nitrogens with one attached hydrogen (secondary N) is 1. The van der Waals surface area contributed by atoms with Gasteiger partial charge in [-0.2, -0.15) is 0 Å². The number of halogens is 1. The Morgan fingerprint density at radius 2 is 1.84 bits per heavy atom. The van der Waals surface area contributed by atoms with Crippen LogP contribution in [-0.4, -0.2) is 41.6 Å². The summed E-state index contributed by atoms with van der Waals surface area (Å²) in [6.45, 7) is 5.06. The Balaban J connectivity index is 1.78. The number of aryl methyl sites for hydroxylation is 1. The largest absolute Gasteiger partial charge is 0.489 e. The fraction of sp³-hybridized carbons (Fsp3) is 0.269. The third kappa shape index (κ3) is 5.17. The van der Waals surface area contributed by atoms with Gasteiger partial charge in [-0.3, -0.25) is 0 Å². The van der Waals surface area contributed by atoms with Gasteiger partial charge in [0.15, 0.2) is 0 Å². The van der Waals surface area contributed by atoms with Gasteiger partial charge in [0, 0.05) is 29.1 Å². The molecule has 0 amide bonds. The minimum Gasteiger partial charge on any atom is -0.489 e. The highest BCUT2D eigenvalue weighted by Crippen LogP contribution is 2.31. The second-order valence-electron chi connectivity index (χ2n) is 8.39. The molecule has 4 nitrogen and oxygen atoms in total. The van der Waals surface area contributed by atoms with E-state index in [1.54, 1.807) is 0 Å². The van der Waals surface area contributed by atoms with Crippen LogP contribution >= 0.6 is 15.9 Å².